The Morgan fingerprint density at radius 3 is 2.60 bits per heavy atom. The number of hydrogen-bond acceptors (Lipinski definition) is 4. The third kappa shape index (κ3) is 3.98. The lowest BCUT2D eigenvalue weighted by molar-refractivity contribution is -0.125. The lowest BCUT2D eigenvalue weighted by atomic mass is 9.98. The zero-order chi connectivity index (χ0) is 18.0. The fraction of sp³-hybridized carbons (Fsp3) is 0.650. The molecule has 1 aromatic carbocycles. The molecule has 1 aromatic rings. The molecule has 5 nitrogen and oxygen atoms in total. The summed E-state index contributed by atoms with van der Waals surface area (Å²) < 4.78 is 11.3. The lowest BCUT2D eigenvalue weighted by Crippen LogP contribution is -2.53. The largest absolute Gasteiger partial charge is 0.490 e. The molecule has 25 heavy (non-hydrogen) atoms. The number of carbonyl (C=O) groups is 1. The van der Waals surface area contributed by atoms with Crippen LogP contribution < -0.4 is 15.4 Å². The van der Waals surface area contributed by atoms with Gasteiger partial charge >= 0.3 is 0 Å². The van der Waals surface area contributed by atoms with E-state index in [0.29, 0.717) is 12.6 Å². The lowest BCUT2D eigenvalue weighted by Gasteiger charge is -2.30. The van der Waals surface area contributed by atoms with Crippen molar-refractivity contribution >= 4 is 5.91 Å². The molecule has 0 radical (unpaired) electrons. The highest BCUT2D eigenvalue weighted by Gasteiger charge is 2.32. The zero-order valence-corrected chi connectivity index (χ0v) is 15.7. The number of ether oxygens (including phenoxy) is 2. The summed E-state index contributed by atoms with van der Waals surface area (Å²) in [6.45, 7) is 10.4. The third-order valence-corrected chi connectivity index (χ3v) is 5.38. The molecule has 2 N–H and O–H groups in total. The summed E-state index contributed by atoms with van der Waals surface area (Å²) in [7, 11) is 0. The second kappa shape index (κ2) is 7.75. The minimum absolute atomic E-state index is 0.0566. The average Bonchev–Trinajstić information content (AvgIpc) is 3.00. The van der Waals surface area contributed by atoms with Gasteiger partial charge in [-0.25, -0.2) is 0 Å². The van der Waals surface area contributed by atoms with E-state index in [1.165, 1.54) is 5.56 Å². The van der Waals surface area contributed by atoms with Crippen LogP contribution in [0.15, 0.2) is 12.1 Å². The van der Waals surface area contributed by atoms with Crippen molar-refractivity contribution in [1.82, 2.24) is 10.6 Å². The number of amides is 1. The molecule has 3 rings (SSSR count). The molecule has 2 atom stereocenters. The summed E-state index contributed by atoms with van der Waals surface area (Å²) in [4.78, 5) is 12.9. The van der Waals surface area contributed by atoms with Crippen LogP contribution in [0, 0.1) is 19.8 Å². The molecule has 0 spiro atoms. The van der Waals surface area contributed by atoms with E-state index in [1.807, 2.05) is 0 Å². The number of rotatable bonds is 5. The van der Waals surface area contributed by atoms with Crippen LogP contribution in [0.5, 0.6) is 5.75 Å². The van der Waals surface area contributed by atoms with Gasteiger partial charge in [0, 0.05) is 24.8 Å². The van der Waals surface area contributed by atoms with E-state index in [4.69, 9.17) is 9.47 Å². The molecule has 2 aliphatic heterocycles. The van der Waals surface area contributed by atoms with E-state index < -0.39 is 0 Å². The van der Waals surface area contributed by atoms with E-state index in [0.717, 1.165) is 42.9 Å². The molecular weight excluding hydrogens is 316 g/mol. The molecule has 2 heterocycles. The van der Waals surface area contributed by atoms with Gasteiger partial charge in [0.25, 0.3) is 0 Å². The van der Waals surface area contributed by atoms with Gasteiger partial charge in [0.05, 0.1) is 12.1 Å². The highest BCUT2D eigenvalue weighted by molar-refractivity contribution is 5.82. The number of nitrogens with one attached hydrogen (secondary N) is 2. The number of hydrogen-bond donors (Lipinski definition) is 2. The Morgan fingerprint density at radius 2 is 1.92 bits per heavy atom. The molecule has 1 fully saturated rings. The van der Waals surface area contributed by atoms with E-state index in [9.17, 15) is 4.79 Å². The van der Waals surface area contributed by atoms with Gasteiger partial charge in [0.15, 0.2) is 0 Å². The van der Waals surface area contributed by atoms with Crippen molar-refractivity contribution < 1.29 is 14.3 Å². The molecule has 5 heteroatoms. The molecule has 1 saturated heterocycles. The SMILES string of the molecule is Cc1ccc2c(c1C)OCC2NC(=O)C(NC1CCOCC1)C(C)C. The summed E-state index contributed by atoms with van der Waals surface area (Å²) in [5.74, 6) is 1.22. The predicted molar refractivity (Wildman–Crippen MR) is 97.9 cm³/mol. The maximum absolute atomic E-state index is 12.9. The summed E-state index contributed by atoms with van der Waals surface area (Å²) in [5.41, 5.74) is 3.46. The molecule has 138 valence electrons. The number of benzene rings is 1. The second-order valence-electron chi connectivity index (χ2n) is 7.57. The minimum atomic E-state index is -0.196. The van der Waals surface area contributed by atoms with Crippen LogP contribution in [-0.2, 0) is 9.53 Å². The van der Waals surface area contributed by atoms with E-state index in [2.05, 4.69) is 50.5 Å². The zero-order valence-electron chi connectivity index (χ0n) is 15.7. The van der Waals surface area contributed by atoms with E-state index in [-0.39, 0.29) is 23.9 Å². The van der Waals surface area contributed by atoms with Gasteiger partial charge in [-0.05, 0) is 43.7 Å². The Balaban J connectivity index is 1.67. The van der Waals surface area contributed by atoms with Crippen molar-refractivity contribution in [2.75, 3.05) is 19.8 Å². The molecule has 2 unspecified atom stereocenters. The first kappa shape index (κ1) is 18.2. The van der Waals surface area contributed by atoms with Gasteiger partial charge < -0.3 is 20.1 Å². The Hall–Kier alpha value is -1.59. The fourth-order valence-electron chi connectivity index (χ4n) is 3.60. The third-order valence-electron chi connectivity index (χ3n) is 5.38. The first-order valence-electron chi connectivity index (χ1n) is 9.34. The van der Waals surface area contributed by atoms with Gasteiger partial charge in [-0.3, -0.25) is 4.79 Å². The minimum Gasteiger partial charge on any atom is -0.490 e. The predicted octanol–water partition coefficient (Wildman–Crippen LogP) is 2.65. The highest BCUT2D eigenvalue weighted by atomic mass is 16.5. The molecule has 2 aliphatic rings. The smallest absolute Gasteiger partial charge is 0.238 e. The Kier molecular flexibility index (Phi) is 5.64. The Morgan fingerprint density at radius 1 is 1.20 bits per heavy atom. The van der Waals surface area contributed by atoms with Crippen LogP contribution in [0.4, 0.5) is 0 Å². The van der Waals surface area contributed by atoms with Crippen LogP contribution in [-0.4, -0.2) is 37.8 Å². The van der Waals surface area contributed by atoms with E-state index >= 15 is 0 Å². The number of carbonyl (C=O) groups excluding carboxylic acids is 1. The van der Waals surface area contributed by atoms with Crippen LogP contribution in [0.2, 0.25) is 0 Å². The number of fused-ring (bicyclic) bond motifs is 1. The van der Waals surface area contributed by atoms with Crippen LogP contribution in [0.25, 0.3) is 0 Å². The second-order valence-corrected chi connectivity index (χ2v) is 7.57. The van der Waals surface area contributed by atoms with Crippen LogP contribution in [0.3, 0.4) is 0 Å². The topological polar surface area (TPSA) is 59.6 Å². The first-order chi connectivity index (χ1) is 12.0. The molecule has 1 amide bonds. The van der Waals surface area contributed by atoms with Crippen molar-refractivity contribution in [3.8, 4) is 5.75 Å². The standard InChI is InChI=1S/C20H30N2O3/c1-12(2)18(21-15-7-9-24-10-8-15)20(23)22-17-11-25-19-14(4)13(3)5-6-16(17)19/h5-6,12,15,17-18,21H,7-11H2,1-4H3,(H,22,23). The Bertz CT molecular complexity index is 624. The van der Waals surface area contributed by atoms with Gasteiger partial charge in [-0.2, -0.15) is 0 Å². The van der Waals surface area contributed by atoms with Crippen LogP contribution in [0.1, 0.15) is 49.4 Å². The van der Waals surface area contributed by atoms with E-state index in [1.54, 1.807) is 0 Å². The molecule has 0 aliphatic carbocycles. The average molecular weight is 346 g/mol. The molecular formula is C20H30N2O3. The van der Waals surface area contributed by atoms with Gasteiger partial charge in [-0.15, -0.1) is 0 Å². The first-order valence-corrected chi connectivity index (χ1v) is 9.34. The summed E-state index contributed by atoms with van der Waals surface area (Å²) in [6.07, 6.45) is 1.93. The normalized spacial score (nSPS) is 21.7. The van der Waals surface area contributed by atoms with Gasteiger partial charge in [0.1, 0.15) is 12.4 Å². The quantitative estimate of drug-likeness (QED) is 0.860. The maximum atomic E-state index is 12.9. The maximum Gasteiger partial charge on any atom is 0.238 e. The summed E-state index contributed by atoms with van der Waals surface area (Å²) >= 11 is 0. The Labute approximate surface area is 150 Å². The summed E-state index contributed by atoms with van der Waals surface area (Å²) in [5, 5.41) is 6.74. The molecule has 0 saturated carbocycles. The van der Waals surface area contributed by atoms with Crippen molar-refractivity contribution in [3.05, 3.63) is 28.8 Å². The number of aryl methyl sites for hydroxylation is 1. The van der Waals surface area contributed by atoms with Crippen molar-refractivity contribution in [2.45, 2.75) is 58.7 Å². The van der Waals surface area contributed by atoms with Crippen molar-refractivity contribution in [1.29, 1.82) is 0 Å². The molecule has 0 bridgehead atoms. The van der Waals surface area contributed by atoms with Gasteiger partial charge in [-0.1, -0.05) is 26.0 Å². The monoisotopic (exact) mass is 346 g/mol. The molecule has 0 aromatic heterocycles. The fourth-order valence-corrected chi connectivity index (χ4v) is 3.60. The van der Waals surface area contributed by atoms with Crippen molar-refractivity contribution in [2.24, 2.45) is 5.92 Å². The summed E-state index contributed by atoms with van der Waals surface area (Å²) in [6, 6.07) is 4.26. The van der Waals surface area contributed by atoms with Crippen LogP contribution >= 0.6 is 0 Å². The highest BCUT2D eigenvalue weighted by Crippen LogP contribution is 2.36. The van der Waals surface area contributed by atoms with Gasteiger partial charge in [0.2, 0.25) is 5.91 Å². The van der Waals surface area contributed by atoms with Crippen molar-refractivity contribution in [3.63, 3.8) is 0 Å².